The van der Waals surface area contributed by atoms with E-state index < -0.39 is 30.6 Å². The topological polar surface area (TPSA) is 58.6 Å². The summed E-state index contributed by atoms with van der Waals surface area (Å²) in [7, 11) is 0. The lowest BCUT2D eigenvalue weighted by Gasteiger charge is -2.38. The third kappa shape index (κ3) is 3.89. The number of rotatable bonds is 6. The monoisotopic (exact) mass is 251 g/mol. The zero-order valence-electron chi connectivity index (χ0n) is 9.92. The zero-order chi connectivity index (χ0) is 12.9. The summed E-state index contributed by atoms with van der Waals surface area (Å²) < 4.78 is 29.1. The van der Waals surface area contributed by atoms with Gasteiger partial charge in [0.25, 0.3) is 6.43 Å². The third-order valence-corrected chi connectivity index (χ3v) is 3.09. The summed E-state index contributed by atoms with van der Waals surface area (Å²) in [5.74, 6) is -0.926. The van der Waals surface area contributed by atoms with Gasteiger partial charge in [0.2, 0.25) is 0 Å². The van der Waals surface area contributed by atoms with Crippen LogP contribution < -0.4 is 5.32 Å². The first-order valence-corrected chi connectivity index (χ1v) is 5.88. The maximum Gasteiger partial charge on any atom is 0.323 e. The molecule has 0 saturated heterocycles. The molecule has 0 bridgehead atoms. The minimum absolute atomic E-state index is 0.253. The number of carboxylic acids is 1. The Labute approximate surface area is 99.3 Å². The molecule has 1 saturated carbocycles. The summed E-state index contributed by atoms with van der Waals surface area (Å²) in [5.41, 5.74) is -1.01. The van der Waals surface area contributed by atoms with Gasteiger partial charge >= 0.3 is 5.97 Å². The summed E-state index contributed by atoms with van der Waals surface area (Å²) in [6, 6.07) is 0. The van der Waals surface area contributed by atoms with Crippen molar-refractivity contribution in [3.8, 4) is 0 Å². The van der Waals surface area contributed by atoms with Crippen molar-refractivity contribution in [1.29, 1.82) is 0 Å². The highest BCUT2D eigenvalue weighted by Gasteiger charge is 2.42. The number of halogens is 2. The molecule has 4 nitrogen and oxygen atoms in total. The molecular formula is C11H19F2NO3. The van der Waals surface area contributed by atoms with E-state index in [0.717, 1.165) is 0 Å². The maximum atomic E-state index is 12.0. The highest BCUT2D eigenvalue weighted by Crippen LogP contribution is 2.30. The number of hydrogen-bond donors (Lipinski definition) is 2. The van der Waals surface area contributed by atoms with E-state index in [2.05, 4.69) is 5.32 Å². The molecule has 1 fully saturated rings. The second kappa shape index (κ2) is 6.26. The van der Waals surface area contributed by atoms with Crippen molar-refractivity contribution >= 4 is 5.97 Å². The Bertz CT molecular complexity index is 259. The van der Waals surface area contributed by atoms with E-state index in [0.29, 0.717) is 25.8 Å². The average molecular weight is 251 g/mol. The van der Waals surface area contributed by atoms with Crippen LogP contribution in [-0.2, 0) is 9.53 Å². The van der Waals surface area contributed by atoms with Crippen LogP contribution in [0.15, 0.2) is 0 Å². The Morgan fingerprint density at radius 3 is 2.88 bits per heavy atom. The summed E-state index contributed by atoms with van der Waals surface area (Å²) in [6.45, 7) is 1.74. The van der Waals surface area contributed by atoms with Crippen LogP contribution in [0.5, 0.6) is 0 Å². The van der Waals surface area contributed by atoms with Crippen molar-refractivity contribution in [2.75, 3.05) is 13.2 Å². The number of likely N-dealkylation sites (N-methyl/N-ethyl adjacent to an activating group) is 1. The minimum atomic E-state index is -2.50. The Kier molecular flexibility index (Phi) is 5.27. The molecular weight excluding hydrogens is 232 g/mol. The largest absolute Gasteiger partial charge is 0.480 e. The van der Waals surface area contributed by atoms with Gasteiger partial charge in [0, 0.05) is 6.42 Å². The molecule has 0 spiro atoms. The van der Waals surface area contributed by atoms with Crippen molar-refractivity contribution in [2.45, 2.75) is 50.7 Å². The minimum Gasteiger partial charge on any atom is -0.480 e. The molecule has 2 N–H and O–H groups in total. The fourth-order valence-corrected chi connectivity index (χ4v) is 2.34. The van der Waals surface area contributed by atoms with E-state index in [9.17, 15) is 18.7 Å². The van der Waals surface area contributed by atoms with E-state index in [1.165, 1.54) is 0 Å². The number of ether oxygens (including phenoxy) is 1. The van der Waals surface area contributed by atoms with Crippen LogP contribution in [0.2, 0.25) is 0 Å². The SMILES string of the molecule is CCNC1(C(=O)O)CCCC(OCC(F)F)C1. The van der Waals surface area contributed by atoms with E-state index >= 15 is 0 Å². The van der Waals surface area contributed by atoms with Crippen LogP contribution in [0.3, 0.4) is 0 Å². The third-order valence-electron chi connectivity index (χ3n) is 3.09. The number of hydrogen-bond acceptors (Lipinski definition) is 3. The Morgan fingerprint density at radius 2 is 2.35 bits per heavy atom. The van der Waals surface area contributed by atoms with Crippen molar-refractivity contribution in [2.24, 2.45) is 0 Å². The molecule has 2 atom stereocenters. The molecule has 1 aliphatic rings. The lowest BCUT2D eigenvalue weighted by molar-refractivity contribution is -0.149. The summed E-state index contributed by atoms with van der Waals surface area (Å²) >= 11 is 0. The van der Waals surface area contributed by atoms with Crippen LogP contribution in [0.4, 0.5) is 8.78 Å². The number of nitrogens with one attached hydrogen (secondary N) is 1. The van der Waals surface area contributed by atoms with Gasteiger partial charge in [-0.15, -0.1) is 0 Å². The van der Waals surface area contributed by atoms with Gasteiger partial charge in [-0.25, -0.2) is 8.78 Å². The van der Waals surface area contributed by atoms with E-state index in [1.807, 2.05) is 6.92 Å². The smallest absolute Gasteiger partial charge is 0.323 e. The van der Waals surface area contributed by atoms with Gasteiger partial charge in [-0.3, -0.25) is 4.79 Å². The Hall–Kier alpha value is -0.750. The van der Waals surface area contributed by atoms with Crippen molar-refractivity contribution in [3.63, 3.8) is 0 Å². The van der Waals surface area contributed by atoms with Crippen molar-refractivity contribution < 1.29 is 23.4 Å². The molecule has 0 aromatic heterocycles. The fraction of sp³-hybridized carbons (Fsp3) is 0.909. The predicted octanol–water partition coefficient (Wildman–Crippen LogP) is 1.64. The van der Waals surface area contributed by atoms with Gasteiger partial charge in [-0.2, -0.15) is 0 Å². The Balaban J connectivity index is 2.58. The normalized spacial score (nSPS) is 29.5. The van der Waals surface area contributed by atoms with Crippen LogP contribution >= 0.6 is 0 Å². The number of carbonyl (C=O) groups is 1. The summed E-state index contributed by atoms with van der Waals surface area (Å²) in [6.07, 6.45) is -0.809. The molecule has 0 radical (unpaired) electrons. The molecule has 1 aliphatic carbocycles. The van der Waals surface area contributed by atoms with Crippen molar-refractivity contribution in [3.05, 3.63) is 0 Å². The Morgan fingerprint density at radius 1 is 1.65 bits per heavy atom. The molecule has 0 aliphatic heterocycles. The fourth-order valence-electron chi connectivity index (χ4n) is 2.34. The average Bonchev–Trinajstić information content (AvgIpc) is 2.27. The number of alkyl halides is 2. The van der Waals surface area contributed by atoms with Gasteiger partial charge in [-0.05, 0) is 25.8 Å². The summed E-state index contributed by atoms with van der Waals surface area (Å²) in [5, 5.41) is 12.2. The molecule has 0 amide bonds. The molecule has 0 heterocycles. The molecule has 1 rings (SSSR count). The van der Waals surface area contributed by atoms with Gasteiger partial charge in [0.15, 0.2) is 0 Å². The van der Waals surface area contributed by atoms with Crippen LogP contribution in [0.25, 0.3) is 0 Å². The van der Waals surface area contributed by atoms with E-state index in [4.69, 9.17) is 4.74 Å². The molecule has 2 unspecified atom stereocenters. The van der Waals surface area contributed by atoms with Crippen LogP contribution in [-0.4, -0.2) is 42.3 Å². The molecule has 0 aromatic rings. The van der Waals surface area contributed by atoms with Crippen molar-refractivity contribution in [1.82, 2.24) is 5.32 Å². The number of carboxylic acid groups (broad SMARTS) is 1. The molecule has 6 heteroatoms. The zero-order valence-corrected chi connectivity index (χ0v) is 9.92. The van der Waals surface area contributed by atoms with E-state index in [1.54, 1.807) is 0 Å². The van der Waals surface area contributed by atoms with Crippen LogP contribution in [0.1, 0.15) is 32.6 Å². The summed E-state index contributed by atoms with van der Waals surface area (Å²) in [4.78, 5) is 11.3. The molecule has 100 valence electrons. The predicted molar refractivity (Wildman–Crippen MR) is 58.3 cm³/mol. The molecule has 0 aromatic carbocycles. The standard InChI is InChI=1S/C11H19F2NO3/c1-2-14-11(10(15)16)5-3-4-8(6-11)17-7-9(12)13/h8-9,14H,2-7H2,1H3,(H,15,16). The van der Waals surface area contributed by atoms with Gasteiger partial charge in [0.1, 0.15) is 12.1 Å². The van der Waals surface area contributed by atoms with Crippen LogP contribution in [0, 0.1) is 0 Å². The number of aliphatic carboxylic acids is 1. The second-order valence-electron chi connectivity index (χ2n) is 4.36. The van der Waals surface area contributed by atoms with Gasteiger partial charge < -0.3 is 15.2 Å². The first-order valence-electron chi connectivity index (χ1n) is 5.88. The molecule has 17 heavy (non-hydrogen) atoms. The highest BCUT2D eigenvalue weighted by atomic mass is 19.3. The second-order valence-corrected chi connectivity index (χ2v) is 4.36. The maximum absolute atomic E-state index is 12.0. The highest BCUT2D eigenvalue weighted by molar-refractivity contribution is 5.79. The first-order chi connectivity index (χ1) is 8.00. The lowest BCUT2D eigenvalue weighted by atomic mass is 9.80. The van der Waals surface area contributed by atoms with Gasteiger partial charge in [0.05, 0.1) is 6.10 Å². The van der Waals surface area contributed by atoms with E-state index in [-0.39, 0.29) is 6.42 Å². The lowest BCUT2D eigenvalue weighted by Crippen LogP contribution is -2.56. The quantitative estimate of drug-likeness (QED) is 0.753. The first kappa shape index (κ1) is 14.3. The van der Waals surface area contributed by atoms with Gasteiger partial charge in [-0.1, -0.05) is 6.92 Å².